The van der Waals surface area contributed by atoms with Gasteiger partial charge in [0.2, 0.25) is 0 Å². The normalized spacial score (nSPS) is 21.8. The molecule has 2 atom stereocenters. The molecule has 1 heterocycles. The van der Waals surface area contributed by atoms with Gasteiger partial charge in [-0.05, 0) is 31.7 Å². The zero-order chi connectivity index (χ0) is 16.3. The summed E-state index contributed by atoms with van der Waals surface area (Å²) in [6.07, 6.45) is 2.02. The van der Waals surface area contributed by atoms with Crippen molar-refractivity contribution in [3.05, 3.63) is 29.8 Å². The van der Waals surface area contributed by atoms with Crippen LogP contribution in [0.25, 0.3) is 0 Å². The Morgan fingerprint density at radius 1 is 1.36 bits per heavy atom. The number of nitrogens with zero attached hydrogens (tertiary/aromatic N) is 2. The van der Waals surface area contributed by atoms with Crippen LogP contribution in [-0.4, -0.2) is 44.3 Å². The monoisotopic (exact) mass is 326 g/mol. The van der Waals surface area contributed by atoms with E-state index < -0.39 is 10.2 Å². The van der Waals surface area contributed by atoms with E-state index in [-0.39, 0.29) is 6.04 Å². The number of benzene rings is 1. The summed E-state index contributed by atoms with van der Waals surface area (Å²) in [7, 11) is -0.208. The minimum atomic E-state index is -3.46. The first-order valence-electron chi connectivity index (χ1n) is 7.74. The Morgan fingerprint density at radius 3 is 2.68 bits per heavy atom. The van der Waals surface area contributed by atoms with Gasteiger partial charge in [-0.3, -0.25) is 0 Å². The second kappa shape index (κ2) is 6.98. The molecule has 1 aromatic carbocycles. The number of hydrogen-bond donors (Lipinski definition) is 0. The fraction of sp³-hybridized carbons (Fsp3) is 0.625. The Labute approximate surface area is 134 Å². The number of para-hydroxylation sites is 1. The fourth-order valence-electron chi connectivity index (χ4n) is 2.95. The molecule has 0 saturated carbocycles. The van der Waals surface area contributed by atoms with Gasteiger partial charge in [-0.25, -0.2) is 0 Å². The average Bonchev–Trinajstić information content (AvgIpc) is 2.53. The summed E-state index contributed by atoms with van der Waals surface area (Å²) >= 11 is 0. The maximum Gasteiger partial charge on any atom is 0.282 e. The Hall–Kier alpha value is -1.11. The predicted octanol–water partition coefficient (Wildman–Crippen LogP) is 2.66. The summed E-state index contributed by atoms with van der Waals surface area (Å²) in [5, 5.41) is 0. The quantitative estimate of drug-likeness (QED) is 0.836. The highest BCUT2D eigenvalue weighted by atomic mass is 32.2. The molecule has 1 aliphatic heterocycles. The van der Waals surface area contributed by atoms with Gasteiger partial charge in [-0.15, -0.1) is 0 Å². The van der Waals surface area contributed by atoms with E-state index in [0.29, 0.717) is 24.8 Å². The summed E-state index contributed by atoms with van der Waals surface area (Å²) in [5.41, 5.74) is 0.876. The summed E-state index contributed by atoms with van der Waals surface area (Å²) in [4.78, 5) is 0. The maximum atomic E-state index is 12.9. The average molecular weight is 326 g/mol. The number of rotatable bonds is 5. The highest BCUT2D eigenvalue weighted by molar-refractivity contribution is 7.86. The van der Waals surface area contributed by atoms with Gasteiger partial charge in [0.05, 0.1) is 13.2 Å². The molecule has 22 heavy (non-hydrogen) atoms. The Bertz CT molecular complexity index is 603. The highest BCUT2D eigenvalue weighted by Crippen LogP contribution is 2.31. The van der Waals surface area contributed by atoms with Crippen molar-refractivity contribution in [2.24, 2.45) is 5.92 Å². The van der Waals surface area contributed by atoms with Crippen LogP contribution in [-0.2, 0) is 10.2 Å². The molecule has 2 unspecified atom stereocenters. The topological polar surface area (TPSA) is 49.9 Å². The minimum absolute atomic E-state index is 0.279. The van der Waals surface area contributed by atoms with Crippen LogP contribution in [0.1, 0.15) is 38.3 Å². The van der Waals surface area contributed by atoms with Crippen LogP contribution in [0.4, 0.5) is 0 Å². The molecule has 0 N–H and O–H groups in total. The first kappa shape index (κ1) is 17.2. The molecule has 0 aliphatic carbocycles. The van der Waals surface area contributed by atoms with E-state index in [1.807, 2.05) is 31.2 Å². The van der Waals surface area contributed by atoms with Crippen molar-refractivity contribution in [2.45, 2.75) is 32.7 Å². The molecule has 1 saturated heterocycles. The van der Waals surface area contributed by atoms with Crippen LogP contribution >= 0.6 is 0 Å². The molecule has 0 bridgehead atoms. The third kappa shape index (κ3) is 3.45. The lowest BCUT2D eigenvalue weighted by molar-refractivity contribution is 0.254. The van der Waals surface area contributed by atoms with Crippen LogP contribution in [0.5, 0.6) is 5.75 Å². The second-order valence-corrected chi connectivity index (χ2v) is 8.04. The number of methoxy groups -OCH3 is 1. The predicted molar refractivity (Wildman–Crippen MR) is 88.1 cm³/mol. The van der Waals surface area contributed by atoms with E-state index in [1.165, 1.54) is 4.31 Å². The van der Waals surface area contributed by atoms with Crippen molar-refractivity contribution in [2.75, 3.05) is 27.2 Å². The van der Waals surface area contributed by atoms with E-state index in [2.05, 4.69) is 6.92 Å². The van der Waals surface area contributed by atoms with E-state index in [4.69, 9.17) is 4.74 Å². The first-order valence-corrected chi connectivity index (χ1v) is 9.13. The minimum Gasteiger partial charge on any atom is -0.496 e. The Morgan fingerprint density at radius 2 is 2.05 bits per heavy atom. The Kier molecular flexibility index (Phi) is 5.47. The van der Waals surface area contributed by atoms with Crippen LogP contribution in [0.3, 0.4) is 0 Å². The van der Waals surface area contributed by atoms with E-state index >= 15 is 0 Å². The number of hydrogen-bond acceptors (Lipinski definition) is 3. The van der Waals surface area contributed by atoms with Crippen molar-refractivity contribution in [1.82, 2.24) is 8.61 Å². The molecule has 5 nitrogen and oxygen atoms in total. The molecule has 1 aromatic rings. The van der Waals surface area contributed by atoms with Crippen molar-refractivity contribution >= 4 is 10.2 Å². The van der Waals surface area contributed by atoms with Crippen molar-refractivity contribution < 1.29 is 13.2 Å². The maximum absolute atomic E-state index is 12.9. The van der Waals surface area contributed by atoms with Gasteiger partial charge in [0.25, 0.3) is 10.2 Å². The van der Waals surface area contributed by atoms with E-state index in [0.717, 1.165) is 18.4 Å². The number of piperidine rings is 1. The zero-order valence-corrected chi connectivity index (χ0v) is 14.6. The van der Waals surface area contributed by atoms with Crippen LogP contribution in [0.15, 0.2) is 24.3 Å². The molecule has 124 valence electrons. The Balaban J connectivity index is 2.23. The van der Waals surface area contributed by atoms with Crippen LogP contribution in [0, 0.1) is 5.92 Å². The first-order chi connectivity index (χ1) is 10.4. The van der Waals surface area contributed by atoms with Gasteiger partial charge >= 0.3 is 0 Å². The fourth-order valence-corrected chi connectivity index (χ4v) is 4.63. The van der Waals surface area contributed by atoms with E-state index in [1.54, 1.807) is 18.5 Å². The van der Waals surface area contributed by atoms with Gasteiger partial charge in [-0.1, -0.05) is 25.1 Å². The van der Waals surface area contributed by atoms with Gasteiger partial charge in [0, 0.05) is 25.7 Å². The van der Waals surface area contributed by atoms with Gasteiger partial charge in [-0.2, -0.15) is 17.0 Å². The largest absolute Gasteiger partial charge is 0.496 e. The van der Waals surface area contributed by atoms with Crippen LogP contribution < -0.4 is 4.74 Å². The van der Waals surface area contributed by atoms with Crippen LogP contribution in [0.2, 0.25) is 0 Å². The molecule has 0 radical (unpaired) electrons. The SMILES string of the molecule is COc1ccccc1C(C)N(C)S(=O)(=O)N1CCCC(C)C1. The third-order valence-electron chi connectivity index (χ3n) is 4.44. The van der Waals surface area contributed by atoms with Gasteiger partial charge in [0.15, 0.2) is 0 Å². The lowest BCUT2D eigenvalue weighted by Gasteiger charge is -2.35. The van der Waals surface area contributed by atoms with Gasteiger partial charge in [0.1, 0.15) is 5.75 Å². The lowest BCUT2D eigenvalue weighted by Crippen LogP contribution is -2.46. The van der Waals surface area contributed by atoms with Gasteiger partial charge < -0.3 is 4.74 Å². The summed E-state index contributed by atoms with van der Waals surface area (Å²) < 4.78 is 34.1. The molecular weight excluding hydrogens is 300 g/mol. The molecule has 1 aliphatic rings. The highest BCUT2D eigenvalue weighted by Gasteiger charge is 2.33. The lowest BCUT2D eigenvalue weighted by atomic mass is 10.0. The summed E-state index contributed by atoms with van der Waals surface area (Å²) in [5.74, 6) is 1.13. The second-order valence-electron chi connectivity index (χ2n) is 6.05. The third-order valence-corrected chi connectivity index (χ3v) is 6.47. The zero-order valence-electron chi connectivity index (χ0n) is 13.8. The molecule has 0 aromatic heterocycles. The standard InChI is InChI=1S/C16H26N2O3S/c1-13-8-7-11-18(12-13)22(19,20)17(3)14(2)15-9-5-6-10-16(15)21-4/h5-6,9-10,13-14H,7-8,11-12H2,1-4H3. The molecular formula is C16H26N2O3S. The molecule has 6 heteroatoms. The molecule has 0 amide bonds. The van der Waals surface area contributed by atoms with Crippen molar-refractivity contribution in [3.63, 3.8) is 0 Å². The molecule has 1 fully saturated rings. The van der Waals surface area contributed by atoms with Crippen molar-refractivity contribution in [1.29, 1.82) is 0 Å². The summed E-state index contributed by atoms with van der Waals surface area (Å²) in [6.45, 7) is 5.20. The smallest absolute Gasteiger partial charge is 0.282 e. The summed E-state index contributed by atoms with van der Waals surface area (Å²) in [6, 6.07) is 7.27. The molecule has 2 rings (SSSR count). The molecule has 0 spiro atoms. The number of ether oxygens (including phenoxy) is 1. The van der Waals surface area contributed by atoms with E-state index in [9.17, 15) is 8.42 Å². The van der Waals surface area contributed by atoms with Crippen molar-refractivity contribution in [3.8, 4) is 5.75 Å².